The summed E-state index contributed by atoms with van der Waals surface area (Å²) in [5.41, 5.74) is 5.99. The Balaban J connectivity index is 1.57. The van der Waals surface area contributed by atoms with Crippen LogP contribution in [0, 0.1) is 23.6 Å². The number of benzene rings is 1. The van der Waals surface area contributed by atoms with E-state index >= 15 is 0 Å². The van der Waals surface area contributed by atoms with Gasteiger partial charge in [0.25, 0.3) is 0 Å². The predicted molar refractivity (Wildman–Crippen MR) is 73.0 cm³/mol. The fraction of sp³-hybridized carbons (Fsp3) is 0.533. The van der Waals surface area contributed by atoms with Crippen LogP contribution in [-0.4, -0.2) is 5.91 Å². The zero-order valence-electron chi connectivity index (χ0n) is 10.9. The highest BCUT2D eigenvalue weighted by molar-refractivity contribution is 5.91. The highest BCUT2D eigenvalue weighted by Gasteiger charge is 2.40. The molecule has 0 aromatic heterocycles. The van der Waals surface area contributed by atoms with Crippen molar-refractivity contribution in [1.82, 2.24) is 0 Å². The Kier molecular flexibility index (Phi) is 3.17. The zero-order valence-corrected chi connectivity index (χ0v) is 10.9. The van der Waals surface area contributed by atoms with E-state index in [2.05, 4.69) is 5.32 Å². The molecule has 4 heteroatoms. The van der Waals surface area contributed by atoms with E-state index in [9.17, 15) is 9.18 Å². The lowest BCUT2D eigenvalue weighted by Crippen LogP contribution is -2.20. The minimum absolute atomic E-state index is 0.0123. The van der Waals surface area contributed by atoms with Crippen molar-refractivity contribution in [2.24, 2.45) is 17.8 Å². The molecule has 3 nitrogen and oxygen atoms in total. The summed E-state index contributed by atoms with van der Waals surface area (Å²) < 4.78 is 13.3. The molecular weight excluding hydrogens is 243 g/mol. The second-order valence-electron chi connectivity index (χ2n) is 5.92. The van der Waals surface area contributed by atoms with Gasteiger partial charge in [0.15, 0.2) is 0 Å². The van der Waals surface area contributed by atoms with E-state index in [0.717, 1.165) is 11.8 Å². The lowest BCUT2D eigenvalue weighted by Gasteiger charge is -2.20. The number of nitrogen functional groups attached to an aromatic ring is 1. The molecule has 0 saturated heterocycles. The molecule has 2 aliphatic rings. The Morgan fingerprint density at radius 2 is 2.21 bits per heavy atom. The number of carbonyl (C=O) groups is 1. The van der Waals surface area contributed by atoms with E-state index in [4.69, 9.17) is 5.73 Å². The van der Waals surface area contributed by atoms with Crippen molar-refractivity contribution < 1.29 is 9.18 Å². The number of hydrogen-bond acceptors (Lipinski definition) is 2. The first-order valence-electron chi connectivity index (χ1n) is 6.96. The Labute approximate surface area is 112 Å². The van der Waals surface area contributed by atoms with Crippen LogP contribution in [0.1, 0.15) is 32.1 Å². The van der Waals surface area contributed by atoms with Crippen molar-refractivity contribution in [1.29, 1.82) is 0 Å². The Morgan fingerprint density at radius 1 is 1.37 bits per heavy atom. The molecule has 0 radical (unpaired) electrons. The topological polar surface area (TPSA) is 55.1 Å². The molecule has 0 aliphatic heterocycles. The second-order valence-corrected chi connectivity index (χ2v) is 5.92. The van der Waals surface area contributed by atoms with Gasteiger partial charge in [-0.1, -0.05) is 6.42 Å². The summed E-state index contributed by atoms with van der Waals surface area (Å²) in [7, 11) is 0. The second kappa shape index (κ2) is 4.83. The quantitative estimate of drug-likeness (QED) is 0.822. The predicted octanol–water partition coefficient (Wildman–Crippen LogP) is 3.17. The summed E-state index contributed by atoms with van der Waals surface area (Å²) >= 11 is 0. The van der Waals surface area contributed by atoms with Gasteiger partial charge in [-0.3, -0.25) is 4.79 Å². The van der Waals surface area contributed by atoms with Crippen LogP contribution in [0.4, 0.5) is 15.8 Å². The van der Waals surface area contributed by atoms with Crippen molar-refractivity contribution in [2.75, 3.05) is 11.1 Å². The maximum atomic E-state index is 13.3. The van der Waals surface area contributed by atoms with Gasteiger partial charge < -0.3 is 11.1 Å². The molecule has 1 aromatic carbocycles. The molecule has 19 heavy (non-hydrogen) atoms. The number of halogens is 1. The van der Waals surface area contributed by atoms with E-state index < -0.39 is 5.82 Å². The molecular formula is C15H19FN2O. The minimum atomic E-state index is -0.488. The summed E-state index contributed by atoms with van der Waals surface area (Å²) in [4.78, 5) is 12.0. The number of amides is 1. The maximum Gasteiger partial charge on any atom is 0.224 e. The van der Waals surface area contributed by atoms with Gasteiger partial charge in [-0.15, -0.1) is 0 Å². The number of hydrogen-bond donors (Lipinski definition) is 2. The fourth-order valence-corrected chi connectivity index (χ4v) is 3.68. The SMILES string of the molecule is Nc1ccc(NC(=O)CC2CC3CCC2C3)cc1F. The molecule has 2 saturated carbocycles. The van der Waals surface area contributed by atoms with E-state index in [1.807, 2.05) is 0 Å². The first kappa shape index (κ1) is 12.5. The van der Waals surface area contributed by atoms with Crippen LogP contribution in [0.2, 0.25) is 0 Å². The summed E-state index contributed by atoms with van der Waals surface area (Å²) in [6.07, 6.45) is 5.67. The van der Waals surface area contributed by atoms with Crippen molar-refractivity contribution in [3.63, 3.8) is 0 Å². The number of nitrogens with one attached hydrogen (secondary N) is 1. The fourth-order valence-electron chi connectivity index (χ4n) is 3.68. The first-order chi connectivity index (χ1) is 9.11. The average molecular weight is 262 g/mol. The highest BCUT2D eigenvalue weighted by atomic mass is 19.1. The molecule has 2 bridgehead atoms. The van der Waals surface area contributed by atoms with Gasteiger partial charge >= 0.3 is 0 Å². The van der Waals surface area contributed by atoms with Crippen molar-refractivity contribution in [2.45, 2.75) is 32.1 Å². The van der Waals surface area contributed by atoms with Crippen LogP contribution < -0.4 is 11.1 Å². The molecule has 102 valence electrons. The summed E-state index contributed by atoms with van der Waals surface area (Å²) in [6.45, 7) is 0. The van der Waals surface area contributed by atoms with Gasteiger partial charge in [-0.05, 0) is 55.2 Å². The third kappa shape index (κ3) is 2.57. The molecule has 0 spiro atoms. The van der Waals surface area contributed by atoms with Gasteiger partial charge in [0.2, 0.25) is 5.91 Å². The molecule has 3 N–H and O–H groups in total. The van der Waals surface area contributed by atoms with Crippen LogP contribution in [0.5, 0.6) is 0 Å². The van der Waals surface area contributed by atoms with Crippen molar-refractivity contribution in [3.05, 3.63) is 24.0 Å². The van der Waals surface area contributed by atoms with E-state index in [1.165, 1.54) is 37.8 Å². The van der Waals surface area contributed by atoms with Gasteiger partial charge in [0.1, 0.15) is 5.82 Å². The van der Waals surface area contributed by atoms with Crippen molar-refractivity contribution >= 4 is 17.3 Å². The lowest BCUT2D eigenvalue weighted by atomic mass is 9.86. The molecule has 3 atom stereocenters. The maximum absolute atomic E-state index is 13.3. The van der Waals surface area contributed by atoms with E-state index in [0.29, 0.717) is 18.0 Å². The van der Waals surface area contributed by atoms with Crippen LogP contribution in [0.15, 0.2) is 18.2 Å². The average Bonchev–Trinajstić information content (AvgIpc) is 2.96. The Morgan fingerprint density at radius 3 is 2.84 bits per heavy atom. The van der Waals surface area contributed by atoms with Crippen LogP contribution in [0.25, 0.3) is 0 Å². The highest BCUT2D eigenvalue weighted by Crippen LogP contribution is 2.49. The number of fused-ring (bicyclic) bond motifs is 2. The van der Waals surface area contributed by atoms with Gasteiger partial charge in [-0.25, -0.2) is 4.39 Å². The molecule has 1 aromatic rings. The zero-order chi connectivity index (χ0) is 13.4. The molecule has 2 fully saturated rings. The largest absolute Gasteiger partial charge is 0.396 e. The number of rotatable bonds is 3. The van der Waals surface area contributed by atoms with Crippen LogP contribution >= 0.6 is 0 Å². The van der Waals surface area contributed by atoms with Gasteiger partial charge in [0, 0.05) is 12.1 Å². The molecule has 1 amide bonds. The van der Waals surface area contributed by atoms with Crippen LogP contribution in [-0.2, 0) is 4.79 Å². The summed E-state index contributed by atoms with van der Waals surface area (Å²) in [5.74, 6) is 1.60. The summed E-state index contributed by atoms with van der Waals surface area (Å²) in [5, 5.41) is 2.76. The number of nitrogens with two attached hydrogens (primary N) is 1. The summed E-state index contributed by atoms with van der Waals surface area (Å²) in [6, 6.07) is 4.38. The van der Waals surface area contributed by atoms with E-state index in [-0.39, 0.29) is 11.6 Å². The standard InChI is InChI=1S/C15H19FN2O/c16-13-8-12(3-4-14(13)17)18-15(19)7-11-6-9-1-2-10(11)5-9/h3-4,8-11H,1-2,5-7,17H2,(H,18,19). The van der Waals surface area contributed by atoms with Gasteiger partial charge in [0.05, 0.1) is 5.69 Å². The smallest absolute Gasteiger partial charge is 0.224 e. The first-order valence-corrected chi connectivity index (χ1v) is 6.96. The minimum Gasteiger partial charge on any atom is -0.396 e. The molecule has 3 rings (SSSR count). The molecule has 3 unspecified atom stereocenters. The normalized spacial score (nSPS) is 28.6. The van der Waals surface area contributed by atoms with Crippen molar-refractivity contribution in [3.8, 4) is 0 Å². The third-order valence-corrected chi connectivity index (χ3v) is 4.62. The van der Waals surface area contributed by atoms with Crippen LogP contribution in [0.3, 0.4) is 0 Å². The Bertz CT molecular complexity index is 503. The monoisotopic (exact) mass is 262 g/mol. The lowest BCUT2D eigenvalue weighted by molar-refractivity contribution is -0.117. The molecule has 0 heterocycles. The number of anilines is 2. The third-order valence-electron chi connectivity index (χ3n) is 4.62. The van der Waals surface area contributed by atoms with Gasteiger partial charge in [-0.2, -0.15) is 0 Å². The number of carbonyl (C=O) groups excluding carboxylic acids is 1. The Hall–Kier alpha value is -1.58. The van der Waals surface area contributed by atoms with E-state index in [1.54, 1.807) is 6.07 Å². The molecule has 2 aliphatic carbocycles.